The molecule has 0 saturated heterocycles. The molecule has 1 N–H and O–H groups in total. The molecule has 0 aliphatic rings. The molecule has 18 heavy (non-hydrogen) atoms. The second kappa shape index (κ2) is 5.01. The number of hydrogen-bond acceptors (Lipinski definition) is 3. The Labute approximate surface area is 105 Å². The summed E-state index contributed by atoms with van der Waals surface area (Å²) in [5.41, 5.74) is 1.16. The summed E-state index contributed by atoms with van der Waals surface area (Å²) in [5.74, 6) is 0.00308. The number of imidazole rings is 1. The Morgan fingerprint density at radius 2 is 2.11 bits per heavy atom. The minimum absolute atomic E-state index is 0.00308. The highest BCUT2D eigenvalue weighted by Crippen LogP contribution is 2.09. The first-order valence-electron chi connectivity index (χ1n) is 5.65. The van der Waals surface area contributed by atoms with E-state index in [4.69, 9.17) is 0 Å². The molecule has 2 aromatic rings. The second-order valence-electron chi connectivity index (χ2n) is 4.07. The topological polar surface area (TPSA) is 56.0 Å². The maximum Gasteiger partial charge on any atom is 0.332 e. The van der Waals surface area contributed by atoms with E-state index in [0.717, 1.165) is 0 Å². The molecule has 0 spiro atoms. The molecule has 2 rings (SSSR count). The number of aryl methyl sites for hydroxylation is 1. The second-order valence-corrected chi connectivity index (χ2v) is 4.07. The van der Waals surface area contributed by atoms with E-state index in [9.17, 15) is 9.59 Å². The molecule has 1 heterocycles. The van der Waals surface area contributed by atoms with E-state index in [-0.39, 0.29) is 18.0 Å². The molecule has 0 atom stereocenters. The summed E-state index contributed by atoms with van der Waals surface area (Å²) >= 11 is 0. The average molecular weight is 245 g/mol. The van der Waals surface area contributed by atoms with Crippen LogP contribution in [0.15, 0.2) is 41.5 Å². The van der Waals surface area contributed by atoms with Crippen LogP contribution >= 0.6 is 0 Å². The summed E-state index contributed by atoms with van der Waals surface area (Å²) in [6.45, 7) is 0.285. The van der Waals surface area contributed by atoms with Crippen LogP contribution in [0, 0.1) is 0 Å². The number of benzene rings is 1. The van der Waals surface area contributed by atoms with Gasteiger partial charge in [-0.05, 0) is 19.2 Å². The van der Waals surface area contributed by atoms with E-state index in [1.54, 1.807) is 50.8 Å². The number of carbonyl (C=O) groups excluding carboxylic acids is 1. The number of hydrogen-bond donors (Lipinski definition) is 1. The van der Waals surface area contributed by atoms with Gasteiger partial charge < -0.3 is 9.88 Å². The Kier molecular flexibility index (Phi) is 3.43. The van der Waals surface area contributed by atoms with Crippen molar-refractivity contribution in [1.82, 2.24) is 14.5 Å². The molecule has 0 aliphatic heterocycles. The highest BCUT2D eigenvalue weighted by molar-refractivity contribution is 5.98. The van der Waals surface area contributed by atoms with Crippen molar-refractivity contribution in [3.8, 4) is 5.69 Å². The first kappa shape index (κ1) is 12.3. The van der Waals surface area contributed by atoms with Crippen molar-refractivity contribution in [3.63, 3.8) is 0 Å². The van der Waals surface area contributed by atoms with Gasteiger partial charge in [-0.25, -0.2) is 4.79 Å². The van der Waals surface area contributed by atoms with Gasteiger partial charge in [0, 0.05) is 25.0 Å². The van der Waals surface area contributed by atoms with Crippen LogP contribution in [0.25, 0.3) is 5.69 Å². The van der Waals surface area contributed by atoms with Crippen LogP contribution in [0.5, 0.6) is 0 Å². The fraction of sp³-hybridized carbons (Fsp3) is 0.231. The van der Waals surface area contributed by atoms with Gasteiger partial charge in [-0.15, -0.1) is 0 Å². The molecule has 0 fully saturated rings. The van der Waals surface area contributed by atoms with Gasteiger partial charge in [-0.3, -0.25) is 9.36 Å². The van der Waals surface area contributed by atoms with Crippen LogP contribution in [-0.2, 0) is 7.05 Å². The minimum Gasteiger partial charge on any atom is -0.313 e. The van der Waals surface area contributed by atoms with Crippen LogP contribution < -0.4 is 11.0 Å². The third kappa shape index (κ3) is 2.26. The Morgan fingerprint density at radius 1 is 1.33 bits per heavy atom. The third-order valence-electron chi connectivity index (χ3n) is 2.73. The van der Waals surface area contributed by atoms with Crippen LogP contribution in [0.2, 0.25) is 0 Å². The minimum atomic E-state index is -0.131. The van der Waals surface area contributed by atoms with Gasteiger partial charge in [0.1, 0.15) is 0 Å². The lowest BCUT2D eigenvalue weighted by molar-refractivity contribution is 0.0993. The SMILES string of the molecule is CNCC(=O)c1cccc(-n2ccn(C)c2=O)c1. The highest BCUT2D eigenvalue weighted by Gasteiger charge is 2.07. The van der Waals surface area contributed by atoms with Gasteiger partial charge in [0.2, 0.25) is 0 Å². The van der Waals surface area contributed by atoms with Gasteiger partial charge in [-0.2, -0.15) is 0 Å². The van der Waals surface area contributed by atoms with Gasteiger partial charge >= 0.3 is 5.69 Å². The number of rotatable bonds is 4. The third-order valence-corrected chi connectivity index (χ3v) is 2.73. The van der Waals surface area contributed by atoms with Crippen LogP contribution in [-0.4, -0.2) is 28.5 Å². The molecule has 0 unspecified atom stereocenters. The van der Waals surface area contributed by atoms with Gasteiger partial charge in [0.15, 0.2) is 5.78 Å². The standard InChI is InChI=1S/C13H15N3O2/c1-14-9-12(17)10-4-3-5-11(8-10)16-7-6-15(2)13(16)18/h3-8,14H,9H2,1-2H3. The maximum absolute atomic E-state index is 11.8. The smallest absolute Gasteiger partial charge is 0.313 e. The predicted octanol–water partition coefficient (Wildman–Crippen LogP) is 0.578. The fourth-order valence-corrected chi connectivity index (χ4v) is 1.75. The zero-order valence-corrected chi connectivity index (χ0v) is 10.4. The number of nitrogens with zero attached hydrogens (tertiary/aromatic N) is 2. The summed E-state index contributed by atoms with van der Waals surface area (Å²) in [6, 6.07) is 7.05. The van der Waals surface area contributed by atoms with Gasteiger partial charge in [-0.1, -0.05) is 12.1 Å². The lowest BCUT2D eigenvalue weighted by atomic mass is 10.1. The van der Waals surface area contributed by atoms with E-state index in [0.29, 0.717) is 11.3 Å². The maximum atomic E-state index is 11.8. The Morgan fingerprint density at radius 3 is 2.72 bits per heavy atom. The number of carbonyl (C=O) groups is 1. The Hall–Kier alpha value is -2.14. The Bertz CT molecular complexity index is 625. The van der Waals surface area contributed by atoms with E-state index >= 15 is 0 Å². The first-order valence-corrected chi connectivity index (χ1v) is 5.65. The van der Waals surface area contributed by atoms with Crippen molar-refractivity contribution >= 4 is 5.78 Å². The van der Waals surface area contributed by atoms with E-state index in [2.05, 4.69) is 5.32 Å². The molecule has 0 aliphatic carbocycles. The van der Waals surface area contributed by atoms with E-state index in [1.807, 2.05) is 0 Å². The summed E-state index contributed by atoms with van der Waals surface area (Å²) in [5, 5.41) is 2.82. The van der Waals surface area contributed by atoms with Gasteiger partial charge in [0.05, 0.1) is 12.2 Å². The van der Waals surface area contributed by atoms with Crippen molar-refractivity contribution in [1.29, 1.82) is 0 Å². The number of Topliss-reactive ketones (excluding diaryl/α,β-unsaturated/α-hetero) is 1. The molecule has 0 amide bonds. The van der Waals surface area contributed by atoms with Crippen molar-refractivity contribution < 1.29 is 4.79 Å². The summed E-state index contributed by atoms with van der Waals surface area (Å²) in [7, 11) is 3.41. The molecule has 0 radical (unpaired) electrons. The van der Waals surface area contributed by atoms with E-state index < -0.39 is 0 Å². The molecule has 0 saturated carbocycles. The molecule has 5 heteroatoms. The zero-order chi connectivity index (χ0) is 13.1. The van der Waals surface area contributed by atoms with Crippen molar-refractivity contribution in [2.24, 2.45) is 7.05 Å². The largest absolute Gasteiger partial charge is 0.332 e. The Balaban J connectivity index is 2.42. The molecule has 1 aromatic heterocycles. The van der Waals surface area contributed by atoms with Crippen molar-refractivity contribution in [2.45, 2.75) is 0 Å². The number of likely N-dealkylation sites (N-methyl/N-ethyl adjacent to an activating group) is 1. The lowest BCUT2D eigenvalue weighted by Crippen LogP contribution is -2.21. The normalized spacial score (nSPS) is 10.6. The van der Waals surface area contributed by atoms with Crippen LogP contribution in [0.1, 0.15) is 10.4 Å². The molecule has 94 valence electrons. The highest BCUT2D eigenvalue weighted by atomic mass is 16.1. The van der Waals surface area contributed by atoms with E-state index in [1.165, 1.54) is 9.13 Å². The van der Waals surface area contributed by atoms with Crippen LogP contribution in [0.3, 0.4) is 0 Å². The van der Waals surface area contributed by atoms with Crippen LogP contribution in [0.4, 0.5) is 0 Å². The van der Waals surface area contributed by atoms with Crippen molar-refractivity contribution in [2.75, 3.05) is 13.6 Å². The lowest BCUT2D eigenvalue weighted by Gasteiger charge is -2.04. The predicted molar refractivity (Wildman–Crippen MR) is 69.3 cm³/mol. The summed E-state index contributed by atoms with van der Waals surface area (Å²) in [6.07, 6.45) is 3.37. The first-order chi connectivity index (χ1) is 8.63. The summed E-state index contributed by atoms with van der Waals surface area (Å²) in [4.78, 5) is 23.6. The molecule has 5 nitrogen and oxygen atoms in total. The number of nitrogens with one attached hydrogen (secondary N) is 1. The zero-order valence-electron chi connectivity index (χ0n) is 10.4. The fourth-order valence-electron chi connectivity index (χ4n) is 1.75. The van der Waals surface area contributed by atoms with Gasteiger partial charge in [0.25, 0.3) is 0 Å². The quantitative estimate of drug-likeness (QED) is 0.802. The van der Waals surface area contributed by atoms with Crippen molar-refractivity contribution in [3.05, 3.63) is 52.7 Å². The molecule has 0 bridgehead atoms. The molecular formula is C13H15N3O2. The average Bonchev–Trinajstić information content (AvgIpc) is 2.71. The number of ketones is 1. The molecule has 1 aromatic carbocycles. The molecular weight excluding hydrogens is 230 g/mol. The number of aromatic nitrogens is 2. The summed E-state index contributed by atoms with van der Waals surface area (Å²) < 4.78 is 3.00. The monoisotopic (exact) mass is 245 g/mol.